The van der Waals surface area contributed by atoms with Crippen molar-refractivity contribution in [2.45, 2.75) is 75.0 Å². The number of hydrogen-bond donors (Lipinski definition) is 0. The summed E-state index contributed by atoms with van der Waals surface area (Å²) in [4.78, 5) is -0.922. The first-order valence-electron chi connectivity index (χ1n) is 14.3. The molecule has 0 aliphatic heterocycles. The van der Waals surface area contributed by atoms with Gasteiger partial charge in [0, 0.05) is 11.1 Å². The molecule has 0 spiro atoms. The minimum Gasteiger partial charge on any atom is -0.493 e. The fourth-order valence-electron chi connectivity index (χ4n) is 5.06. The van der Waals surface area contributed by atoms with Crippen LogP contribution < -0.4 is 9.47 Å². The Bertz CT molecular complexity index is 1640. The van der Waals surface area contributed by atoms with Gasteiger partial charge in [-0.15, -0.1) is 7.77 Å². The summed E-state index contributed by atoms with van der Waals surface area (Å²) in [6.45, 7) is 5.13. The second kappa shape index (κ2) is 13.8. The van der Waals surface area contributed by atoms with Crippen LogP contribution in [0.3, 0.4) is 0 Å². The quantitative estimate of drug-likeness (QED) is 0.0977. The molecule has 4 aromatic carbocycles. The molecule has 42 heavy (non-hydrogen) atoms. The zero-order chi connectivity index (χ0) is 30.3. The summed E-state index contributed by atoms with van der Waals surface area (Å²) >= 11 is 0. The molecule has 4 aromatic rings. The molecular formula is C32H36F2O6S2. The first-order valence-corrected chi connectivity index (χ1v) is 17.1. The Morgan fingerprint density at radius 3 is 1.31 bits per heavy atom. The van der Waals surface area contributed by atoms with Gasteiger partial charge in [0.2, 0.25) is 0 Å². The molecule has 0 atom stereocenters. The van der Waals surface area contributed by atoms with Crippen molar-refractivity contribution in [3.63, 3.8) is 0 Å². The topological polar surface area (TPSA) is 86.7 Å². The average molecular weight is 619 g/mol. The zero-order valence-corrected chi connectivity index (χ0v) is 25.5. The molecule has 0 amide bonds. The van der Waals surface area contributed by atoms with Crippen LogP contribution in [0.25, 0.3) is 32.7 Å². The highest BCUT2D eigenvalue weighted by Gasteiger charge is 2.22. The largest absolute Gasteiger partial charge is 0.493 e. The minimum absolute atomic E-state index is 0.442. The Hall–Kier alpha value is -3.24. The summed E-state index contributed by atoms with van der Waals surface area (Å²) in [6.07, 6.45) is 7.97. The van der Waals surface area contributed by atoms with E-state index in [0.29, 0.717) is 57.4 Å². The summed E-state index contributed by atoms with van der Waals surface area (Å²) in [5.74, 6) is 1.03. The van der Waals surface area contributed by atoms with Crippen molar-refractivity contribution >= 4 is 42.0 Å². The molecule has 0 saturated carbocycles. The van der Waals surface area contributed by atoms with Gasteiger partial charge in [0.05, 0.1) is 23.0 Å². The molecule has 10 heteroatoms. The Morgan fingerprint density at radius 2 is 0.952 bits per heavy atom. The van der Waals surface area contributed by atoms with E-state index < -0.39 is 30.2 Å². The van der Waals surface area contributed by atoms with Crippen LogP contribution in [0.2, 0.25) is 0 Å². The van der Waals surface area contributed by atoms with Crippen molar-refractivity contribution in [3.05, 3.63) is 60.7 Å². The van der Waals surface area contributed by atoms with E-state index in [1.807, 2.05) is 0 Å². The van der Waals surface area contributed by atoms with Gasteiger partial charge in [-0.1, -0.05) is 76.6 Å². The maximum absolute atomic E-state index is 13.9. The van der Waals surface area contributed by atoms with E-state index >= 15 is 0 Å². The molecule has 4 rings (SSSR count). The van der Waals surface area contributed by atoms with Crippen LogP contribution in [-0.2, 0) is 20.4 Å². The number of hydrogen-bond acceptors (Lipinski definition) is 6. The molecule has 0 heterocycles. The highest BCUT2D eigenvalue weighted by Crippen LogP contribution is 2.46. The van der Waals surface area contributed by atoms with Crippen molar-refractivity contribution in [2.24, 2.45) is 0 Å². The van der Waals surface area contributed by atoms with Gasteiger partial charge in [-0.05, 0) is 70.8 Å². The third-order valence-corrected chi connectivity index (χ3v) is 8.86. The second-order valence-electron chi connectivity index (χ2n) is 10.3. The van der Waals surface area contributed by atoms with Crippen LogP contribution in [0.4, 0.5) is 7.77 Å². The van der Waals surface area contributed by atoms with Gasteiger partial charge in [0.15, 0.2) is 0 Å². The molecule has 0 aliphatic carbocycles. The lowest BCUT2D eigenvalue weighted by molar-refractivity contribution is 0.302. The van der Waals surface area contributed by atoms with Crippen LogP contribution in [0.1, 0.15) is 65.2 Å². The van der Waals surface area contributed by atoms with E-state index in [2.05, 4.69) is 13.8 Å². The van der Waals surface area contributed by atoms with Crippen molar-refractivity contribution in [3.8, 4) is 22.6 Å². The van der Waals surface area contributed by atoms with Crippen molar-refractivity contribution in [1.82, 2.24) is 0 Å². The lowest BCUT2D eigenvalue weighted by Gasteiger charge is -2.20. The summed E-state index contributed by atoms with van der Waals surface area (Å²) in [5.41, 5.74) is 1.19. The highest BCUT2D eigenvalue weighted by molar-refractivity contribution is 7.86. The monoisotopic (exact) mass is 618 g/mol. The summed E-state index contributed by atoms with van der Waals surface area (Å²) in [7, 11) is -9.87. The zero-order valence-electron chi connectivity index (χ0n) is 23.9. The first kappa shape index (κ1) is 31.7. The van der Waals surface area contributed by atoms with E-state index in [1.54, 1.807) is 24.3 Å². The predicted molar refractivity (Wildman–Crippen MR) is 163 cm³/mol. The lowest BCUT2D eigenvalue weighted by Crippen LogP contribution is -2.03. The van der Waals surface area contributed by atoms with Crippen molar-refractivity contribution in [1.29, 1.82) is 0 Å². The minimum atomic E-state index is -4.93. The standard InChI is InChI=1S/C32H36F2O6S2/c1-3-5-7-9-19-39-29-17-11-23-21-25(41(33,35)36)13-15-27(23)31(29)32-28-16-14-26(42(34,37)38)22-24(28)12-18-30(32)40-20-10-8-6-4-2/h11-18,21-22H,3-10,19-20H2,1-2H3. The normalized spacial score (nSPS) is 12.2. The Kier molecular flexibility index (Phi) is 10.4. The Labute approximate surface area is 247 Å². The third-order valence-electron chi connectivity index (χ3n) is 7.23. The smallest absolute Gasteiger partial charge is 0.332 e. The Morgan fingerprint density at radius 1 is 0.548 bits per heavy atom. The molecular weight excluding hydrogens is 582 g/mol. The number of fused-ring (bicyclic) bond motifs is 2. The van der Waals surface area contributed by atoms with Crippen LogP contribution in [0, 0.1) is 0 Å². The molecule has 6 nitrogen and oxygen atoms in total. The summed E-state index contributed by atoms with van der Waals surface area (Å²) < 4.78 is 87.0. The van der Waals surface area contributed by atoms with Gasteiger partial charge in [0.25, 0.3) is 0 Å². The number of halogens is 2. The molecule has 0 aromatic heterocycles. The maximum Gasteiger partial charge on any atom is 0.332 e. The molecule has 0 unspecified atom stereocenters. The SMILES string of the molecule is CCCCCCOc1ccc2cc(S(=O)(=O)F)ccc2c1-c1c(OCCCCCC)ccc2cc(S(=O)(=O)F)ccc12. The summed E-state index contributed by atoms with van der Waals surface area (Å²) in [6, 6.07) is 14.8. The molecule has 0 saturated heterocycles. The van der Waals surface area contributed by atoms with Gasteiger partial charge in [-0.2, -0.15) is 16.8 Å². The van der Waals surface area contributed by atoms with E-state index in [0.717, 1.165) is 51.4 Å². The van der Waals surface area contributed by atoms with Crippen molar-refractivity contribution < 1.29 is 34.1 Å². The van der Waals surface area contributed by atoms with E-state index in [4.69, 9.17) is 9.47 Å². The average Bonchev–Trinajstić information content (AvgIpc) is 2.95. The lowest BCUT2D eigenvalue weighted by atomic mass is 9.92. The predicted octanol–water partition coefficient (Wildman–Crippen LogP) is 8.89. The van der Waals surface area contributed by atoms with Gasteiger partial charge < -0.3 is 9.47 Å². The fraction of sp³-hybridized carbons (Fsp3) is 0.375. The fourth-order valence-corrected chi connectivity index (χ4v) is 6.05. The maximum atomic E-state index is 13.9. The molecule has 0 aliphatic rings. The van der Waals surface area contributed by atoms with Crippen LogP contribution >= 0.6 is 0 Å². The van der Waals surface area contributed by atoms with Gasteiger partial charge in [-0.25, -0.2) is 0 Å². The molecule has 0 fully saturated rings. The van der Waals surface area contributed by atoms with E-state index in [9.17, 15) is 24.6 Å². The number of rotatable bonds is 15. The van der Waals surface area contributed by atoms with Crippen LogP contribution in [0.5, 0.6) is 11.5 Å². The molecule has 0 bridgehead atoms. The second-order valence-corrected chi connectivity index (χ2v) is 13.0. The van der Waals surface area contributed by atoms with Crippen LogP contribution in [-0.4, -0.2) is 30.0 Å². The molecule has 0 radical (unpaired) electrons. The number of unbranched alkanes of at least 4 members (excludes halogenated alkanes) is 6. The molecule has 226 valence electrons. The van der Waals surface area contributed by atoms with Crippen LogP contribution in [0.15, 0.2) is 70.5 Å². The van der Waals surface area contributed by atoms with E-state index in [1.165, 1.54) is 36.4 Å². The third kappa shape index (κ3) is 7.58. The van der Waals surface area contributed by atoms with Gasteiger partial charge >= 0.3 is 20.4 Å². The van der Waals surface area contributed by atoms with E-state index in [-0.39, 0.29) is 0 Å². The number of benzene rings is 4. The van der Waals surface area contributed by atoms with Crippen molar-refractivity contribution in [2.75, 3.05) is 13.2 Å². The highest BCUT2D eigenvalue weighted by atomic mass is 32.3. The Balaban J connectivity index is 1.95. The van der Waals surface area contributed by atoms with Gasteiger partial charge in [-0.3, -0.25) is 0 Å². The summed E-state index contributed by atoms with van der Waals surface area (Å²) in [5, 5.41) is 2.13. The first-order chi connectivity index (χ1) is 20.0. The van der Waals surface area contributed by atoms with Gasteiger partial charge in [0.1, 0.15) is 11.5 Å². The number of ether oxygens (including phenoxy) is 2. The molecule has 0 N–H and O–H groups in total.